The Balaban J connectivity index is 2.23. The first-order valence-corrected chi connectivity index (χ1v) is 8.23. The molecule has 0 amide bonds. The fraction of sp³-hybridized carbons (Fsp3) is 0.500. The molecular weight excluding hydrogens is 312 g/mol. The minimum Gasteiger partial charge on any atom is -0.504 e. The zero-order valence-electron chi connectivity index (χ0n) is 14.1. The molecule has 0 aliphatic heterocycles. The monoisotopic (exact) mass is 336 g/mol. The van der Waals surface area contributed by atoms with Crippen LogP contribution in [0.1, 0.15) is 33.1 Å². The van der Waals surface area contributed by atoms with Crippen LogP contribution in [-0.4, -0.2) is 30.0 Å². The maximum absolute atomic E-state index is 12.1. The summed E-state index contributed by atoms with van der Waals surface area (Å²) in [7, 11) is 0. The SMILES string of the molecule is CCCC(C)COc1c(O)c2ccc(OCCCO)cc2oc1=O. The molecule has 0 aliphatic carbocycles. The van der Waals surface area contributed by atoms with Crippen molar-refractivity contribution in [3.63, 3.8) is 0 Å². The highest BCUT2D eigenvalue weighted by atomic mass is 16.5. The van der Waals surface area contributed by atoms with Gasteiger partial charge in [0.25, 0.3) is 0 Å². The van der Waals surface area contributed by atoms with Crippen LogP contribution >= 0.6 is 0 Å². The number of benzene rings is 1. The molecule has 2 rings (SSSR count). The number of aliphatic hydroxyl groups is 1. The molecule has 132 valence electrons. The Morgan fingerprint density at radius 3 is 2.79 bits per heavy atom. The zero-order valence-corrected chi connectivity index (χ0v) is 14.1. The normalized spacial score (nSPS) is 12.3. The summed E-state index contributed by atoms with van der Waals surface area (Å²) in [5.41, 5.74) is -0.482. The van der Waals surface area contributed by atoms with E-state index in [1.807, 2.05) is 6.92 Å². The molecule has 1 aromatic heterocycles. The number of ether oxygens (including phenoxy) is 2. The molecule has 1 atom stereocenters. The van der Waals surface area contributed by atoms with Crippen molar-refractivity contribution < 1.29 is 24.1 Å². The van der Waals surface area contributed by atoms with Crippen molar-refractivity contribution in [3.05, 3.63) is 28.6 Å². The predicted octanol–water partition coefficient (Wildman–Crippen LogP) is 3.07. The number of rotatable bonds is 9. The Morgan fingerprint density at radius 2 is 2.08 bits per heavy atom. The van der Waals surface area contributed by atoms with Gasteiger partial charge in [-0.2, -0.15) is 0 Å². The zero-order chi connectivity index (χ0) is 17.5. The maximum Gasteiger partial charge on any atom is 0.383 e. The van der Waals surface area contributed by atoms with Crippen molar-refractivity contribution in [1.82, 2.24) is 0 Å². The molecule has 6 heteroatoms. The van der Waals surface area contributed by atoms with Gasteiger partial charge in [0, 0.05) is 19.1 Å². The molecule has 6 nitrogen and oxygen atoms in total. The van der Waals surface area contributed by atoms with E-state index < -0.39 is 5.63 Å². The van der Waals surface area contributed by atoms with E-state index in [0.717, 1.165) is 12.8 Å². The van der Waals surface area contributed by atoms with Gasteiger partial charge in [0.15, 0.2) is 5.75 Å². The van der Waals surface area contributed by atoms with Gasteiger partial charge in [-0.05, 0) is 24.5 Å². The average Bonchev–Trinajstić information content (AvgIpc) is 2.55. The van der Waals surface area contributed by atoms with Crippen molar-refractivity contribution in [1.29, 1.82) is 0 Å². The second-order valence-electron chi connectivity index (χ2n) is 5.86. The number of fused-ring (bicyclic) bond motifs is 1. The smallest absolute Gasteiger partial charge is 0.383 e. The molecule has 0 fully saturated rings. The molecule has 0 spiro atoms. The lowest BCUT2D eigenvalue weighted by molar-refractivity contribution is 0.231. The van der Waals surface area contributed by atoms with E-state index in [9.17, 15) is 9.90 Å². The van der Waals surface area contributed by atoms with Gasteiger partial charge in [-0.25, -0.2) is 4.79 Å². The fourth-order valence-corrected chi connectivity index (χ4v) is 2.42. The van der Waals surface area contributed by atoms with Crippen LogP contribution in [0.3, 0.4) is 0 Å². The Bertz CT molecular complexity index is 721. The Hall–Kier alpha value is -2.21. The molecule has 0 bridgehead atoms. The van der Waals surface area contributed by atoms with Gasteiger partial charge in [0.2, 0.25) is 5.75 Å². The van der Waals surface area contributed by atoms with E-state index >= 15 is 0 Å². The van der Waals surface area contributed by atoms with Crippen LogP contribution < -0.4 is 15.1 Å². The second kappa shape index (κ2) is 8.59. The van der Waals surface area contributed by atoms with E-state index in [2.05, 4.69) is 6.92 Å². The van der Waals surface area contributed by atoms with Crippen LogP contribution in [0, 0.1) is 5.92 Å². The molecule has 24 heavy (non-hydrogen) atoms. The summed E-state index contributed by atoms with van der Waals surface area (Å²) in [5, 5.41) is 19.5. The van der Waals surface area contributed by atoms with Crippen LogP contribution in [0.25, 0.3) is 11.0 Å². The number of hydrogen-bond donors (Lipinski definition) is 2. The first-order chi connectivity index (χ1) is 11.6. The van der Waals surface area contributed by atoms with Gasteiger partial charge < -0.3 is 24.1 Å². The van der Waals surface area contributed by atoms with Crippen molar-refractivity contribution in [3.8, 4) is 17.2 Å². The van der Waals surface area contributed by atoms with Crippen molar-refractivity contribution in [2.75, 3.05) is 19.8 Å². The molecule has 0 radical (unpaired) electrons. The van der Waals surface area contributed by atoms with E-state index in [0.29, 0.717) is 30.8 Å². The summed E-state index contributed by atoms with van der Waals surface area (Å²) < 4.78 is 16.2. The number of aromatic hydroxyl groups is 1. The predicted molar refractivity (Wildman–Crippen MR) is 90.9 cm³/mol. The number of aliphatic hydroxyl groups excluding tert-OH is 1. The molecule has 0 saturated heterocycles. The summed E-state index contributed by atoms with van der Waals surface area (Å²) in [6, 6.07) is 4.82. The van der Waals surface area contributed by atoms with E-state index in [4.69, 9.17) is 19.0 Å². The highest BCUT2D eigenvalue weighted by Gasteiger charge is 2.17. The standard InChI is InChI=1S/C18H24O6/c1-3-5-12(2)11-23-17-16(20)14-7-6-13(22-9-4-8-19)10-15(14)24-18(17)21/h6-7,10,12,19-20H,3-5,8-9,11H2,1-2H3. The van der Waals surface area contributed by atoms with Crippen molar-refractivity contribution in [2.45, 2.75) is 33.1 Å². The minimum absolute atomic E-state index is 0.0423. The van der Waals surface area contributed by atoms with Gasteiger partial charge in [0.05, 0.1) is 18.6 Å². The summed E-state index contributed by atoms with van der Waals surface area (Å²) >= 11 is 0. The highest BCUT2D eigenvalue weighted by molar-refractivity contribution is 5.86. The van der Waals surface area contributed by atoms with Crippen LogP contribution in [-0.2, 0) is 0 Å². The summed E-state index contributed by atoms with van der Waals surface area (Å²) in [6.07, 6.45) is 2.52. The third-order valence-electron chi connectivity index (χ3n) is 3.68. The van der Waals surface area contributed by atoms with Gasteiger partial charge in [-0.15, -0.1) is 0 Å². The van der Waals surface area contributed by atoms with E-state index in [1.165, 1.54) is 6.07 Å². The molecule has 1 unspecified atom stereocenters. The quantitative estimate of drug-likeness (QED) is 0.540. The summed E-state index contributed by atoms with van der Waals surface area (Å²) in [6.45, 7) is 4.85. The van der Waals surface area contributed by atoms with Gasteiger partial charge in [0.1, 0.15) is 11.3 Å². The van der Waals surface area contributed by atoms with Crippen LogP contribution in [0.4, 0.5) is 0 Å². The lowest BCUT2D eigenvalue weighted by Gasteiger charge is -2.13. The average molecular weight is 336 g/mol. The fourth-order valence-electron chi connectivity index (χ4n) is 2.42. The Morgan fingerprint density at radius 1 is 1.29 bits per heavy atom. The molecule has 2 aromatic rings. The molecule has 1 heterocycles. The largest absolute Gasteiger partial charge is 0.504 e. The summed E-state index contributed by atoms with van der Waals surface area (Å²) in [5.74, 6) is 0.418. The minimum atomic E-state index is -0.712. The van der Waals surface area contributed by atoms with Crippen LogP contribution in [0.5, 0.6) is 17.2 Å². The first-order valence-electron chi connectivity index (χ1n) is 8.23. The van der Waals surface area contributed by atoms with Gasteiger partial charge in [-0.1, -0.05) is 20.3 Å². The van der Waals surface area contributed by atoms with Crippen molar-refractivity contribution in [2.24, 2.45) is 5.92 Å². The third kappa shape index (κ3) is 4.41. The maximum atomic E-state index is 12.1. The van der Waals surface area contributed by atoms with E-state index in [1.54, 1.807) is 12.1 Å². The lowest BCUT2D eigenvalue weighted by atomic mass is 10.1. The highest BCUT2D eigenvalue weighted by Crippen LogP contribution is 2.33. The van der Waals surface area contributed by atoms with Gasteiger partial charge >= 0.3 is 5.63 Å². The molecule has 0 saturated carbocycles. The Labute approximate surface area is 140 Å². The molecule has 0 aliphatic rings. The van der Waals surface area contributed by atoms with Gasteiger partial charge in [-0.3, -0.25) is 0 Å². The molecule has 2 N–H and O–H groups in total. The topological polar surface area (TPSA) is 89.1 Å². The van der Waals surface area contributed by atoms with Crippen LogP contribution in [0.2, 0.25) is 0 Å². The van der Waals surface area contributed by atoms with Crippen molar-refractivity contribution >= 4 is 11.0 Å². The lowest BCUT2D eigenvalue weighted by Crippen LogP contribution is -2.13. The second-order valence-corrected chi connectivity index (χ2v) is 5.86. The third-order valence-corrected chi connectivity index (χ3v) is 3.68. The van der Waals surface area contributed by atoms with Crippen LogP contribution in [0.15, 0.2) is 27.4 Å². The van der Waals surface area contributed by atoms with E-state index in [-0.39, 0.29) is 29.6 Å². The first kappa shape index (κ1) is 18.1. The molecular formula is C18H24O6. The Kier molecular flexibility index (Phi) is 6.49. The summed E-state index contributed by atoms with van der Waals surface area (Å²) in [4.78, 5) is 12.1. The number of hydrogen-bond acceptors (Lipinski definition) is 6. The molecule has 1 aromatic carbocycles.